The van der Waals surface area contributed by atoms with Crippen LogP contribution in [0.4, 0.5) is 0 Å². The molecule has 0 saturated carbocycles. The normalized spacial score (nSPS) is 16.1. The molecule has 2 heterocycles. The lowest BCUT2D eigenvalue weighted by atomic mass is 10.1. The van der Waals surface area contributed by atoms with Crippen molar-refractivity contribution in [1.82, 2.24) is 14.8 Å². The van der Waals surface area contributed by atoms with Crippen LogP contribution in [0.2, 0.25) is 10.0 Å². The molecule has 0 spiro atoms. The highest BCUT2D eigenvalue weighted by molar-refractivity contribution is 6.35. The summed E-state index contributed by atoms with van der Waals surface area (Å²) in [5.41, 5.74) is 0.680. The fraction of sp³-hybridized carbons (Fsp3) is 0.167. The summed E-state index contributed by atoms with van der Waals surface area (Å²) in [5, 5.41) is 5.07. The summed E-state index contributed by atoms with van der Waals surface area (Å²) in [6, 6.07) is 5.15. The molecule has 0 unspecified atom stereocenters. The van der Waals surface area contributed by atoms with Crippen LogP contribution in [0, 0.1) is 0 Å². The summed E-state index contributed by atoms with van der Waals surface area (Å²) in [7, 11) is 0. The van der Waals surface area contributed by atoms with Gasteiger partial charge >= 0.3 is 0 Å². The van der Waals surface area contributed by atoms with Crippen LogP contribution in [-0.2, 0) is 21.8 Å². The second kappa shape index (κ2) is 4.75. The third-order valence-electron chi connectivity index (χ3n) is 2.75. The first-order valence-electron chi connectivity index (χ1n) is 5.48. The molecule has 0 saturated heterocycles. The Morgan fingerprint density at radius 3 is 2.63 bits per heavy atom. The first-order valence-corrected chi connectivity index (χ1v) is 6.24. The molecule has 0 radical (unpaired) electrons. The average molecular weight is 298 g/mol. The van der Waals surface area contributed by atoms with Gasteiger partial charge in [-0.15, -0.1) is 0 Å². The van der Waals surface area contributed by atoms with E-state index < -0.39 is 5.79 Å². The van der Waals surface area contributed by atoms with Crippen LogP contribution in [0.5, 0.6) is 0 Å². The minimum atomic E-state index is -1.05. The monoisotopic (exact) mass is 297 g/mol. The number of aromatic nitrogens is 3. The van der Waals surface area contributed by atoms with Gasteiger partial charge in [0, 0.05) is 5.02 Å². The lowest BCUT2D eigenvalue weighted by molar-refractivity contribution is -0.162. The van der Waals surface area contributed by atoms with E-state index >= 15 is 0 Å². The third kappa shape index (κ3) is 2.27. The lowest BCUT2D eigenvalue weighted by Gasteiger charge is -2.28. The van der Waals surface area contributed by atoms with E-state index in [-0.39, 0.29) is 0 Å². The van der Waals surface area contributed by atoms with Crippen molar-refractivity contribution in [3.8, 4) is 0 Å². The van der Waals surface area contributed by atoms with Gasteiger partial charge in [-0.3, -0.25) is 0 Å². The van der Waals surface area contributed by atoms with Crippen molar-refractivity contribution in [2.45, 2.75) is 12.3 Å². The van der Waals surface area contributed by atoms with Crippen LogP contribution in [0.25, 0.3) is 0 Å². The van der Waals surface area contributed by atoms with Gasteiger partial charge in [0.15, 0.2) is 0 Å². The van der Waals surface area contributed by atoms with Crippen molar-refractivity contribution >= 4 is 23.2 Å². The number of ether oxygens (including phenoxy) is 2. The predicted octanol–water partition coefficient (Wildman–Crippen LogP) is 2.96. The Kier molecular flexibility index (Phi) is 3.08. The Hall–Kier alpha value is -1.72. The maximum atomic E-state index is 6.22. The Labute approximate surface area is 119 Å². The first-order chi connectivity index (χ1) is 9.20. The quantitative estimate of drug-likeness (QED) is 0.874. The lowest BCUT2D eigenvalue weighted by Crippen LogP contribution is -2.33. The average Bonchev–Trinajstić information content (AvgIpc) is 3.02. The second-order valence-electron chi connectivity index (χ2n) is 3.98. The minimum Gasteiger partial charge on any atom is -0.451 e. The molecule has 19 heavy (non-hydrogen) atoms. The van der Waals surface area contributed by atoms with E-state index in [1.165, 1.54) is 18.9 Å². The molecule has 1 aliphatic rings. The van der Waals surface area contributed by atoms with Crippen LogP contribution >= 0.6 is 23.2 Å². The molecule has 3 rings (SSSR count). The van der Waals surface area contributed by atoms with E-state index in [0.29, 0.717) is 22.2 Å². The number of halogens is 2. The van der Waals surface area contributed by atoms with Crippen LogP contribution < -0.4 is 0 Å². The Morgan fingerprint density at radius 1 is 1.21 bits per heavy atom. The second-order valence-corrected chi connectivity index (χ2v) is 4.82. The summed E-state index contributed by atoms with van der Waals surface area (Å²) in [6.07, 6.45) is 5.97. The summed E-state index contributed by atoms with van der Waals surface area (Å²) < 4.78 is 12.8. The molecule has 0 aliphatic carbocycles. The highest BCUT2D eigenvalue weighted by atomic mass is 35.5. The minimum absolute atomic E-state index is 0.321. The van der Waals surface area contributed by atoms with Gasteiger partial charge in [0.05, 0.1) is 10.6 Å². The topological polar surface area (TPSA) is 49.2 Å². The van der Waals surface area contributed by atoms with Gasteiger partial charge in [0.2, 0.25) is 0 Å². The van der Waals surface area contributed by atoms with Gasteiger partial charge < -0.3 is 9.47 Å². The van der Waals surface area contributed by atoms with Crippen LogP contribution in [0.15, 0.2) is 43.4 Å². The maximum absolute atomic E-state index is 6.22. The van der Waals surface area contributed by atoms with Crippen molar-refractivity contribution < 1.29 is 9.47 Å². The smallest absolute Gasteiger partial charge is 0.298 e. The van der Waals surface area contributed by atoms with Gasteiger partial charge in [0.1, 0.15) is 31.7 Å². The van der Waals surface area contributed by atoms with Gasteiger partial charge in [-0.1, -0.05) is 23.2 Å². The van der Waals surface area contributed by atoms with E-state index in [4.69, 9.17) is 32.7 Å². The summed E-state index contributed by atoms with van der Waals surface area (Å²) in [5.74, 6) is -1.05. The van der Waals surface area contributed by atoms with Gasteiger partial charge in [0.25, 0.3) is 5.79 Å². The molecule has 5 nitrogen and oxygen atoms in total. The highest BCUT2D eigenvalue weighted by Crippen LogP contribution is 2.38. The summed E-state index contributed by atoms with van der Waals surface area (Å²) in [4.78, 5) is 3.89. The zero-order valence-corrected chi connectivity index (χ0v) is 11.2. The van der Waals surface area contributed by atoms with Crippen molar-refractivity contribution in [1.29, 1.82) is 0 Å². The molecule has 0 amide bonds. The molecule has 0 bridgehead atoms. The zero-order valence-electron chi connectivity index (χ0n) is 9.66. The molecule has 98 valence electrons. The molecule has 0 N–H and O–H groups in total. The van der Waals surface area contributed by atoms with E-state index in [2.05, 4.69) is 10.1 Å². The van der Waals surface area contributed by atoms with Gasteiger partial charge in [-0.05, 0) is 18.2 Å². The van der Waals surface area contributed by atoms with E-state index in [1.54, 1.807) is 29.2 Å². The van der Waals surface area contributed by atoms with E-state index in [9.17, 15) is 0 Å². The molecular formula is C12H9Cl2N3O2. The standard InChI is InChI=1S/C12H9Cl2N3O2/c13-9-1-2-10(11(14)5-9)12(18-3-4-19-12)6-17-8-15-7-16-17/h1-5,7-8H,6H2. The third-order valence-corrected chi connectivity index (χ3v) is 3.30. The largest absolute Gasteiger partial charge is 0.451 e. The molecule has 2 aromatic rings. The van der Waals surface area contributed by atoms with Crippen molar-refractivity contribution in [2.24, 2.45) is 0 Å². The molecule has 0 fully saturated rings. The fourth-order valence-electron chi connectivity index (χ4n) is 1.92. The predicted molar refractivity (Wildman–Crippen MR) is 69.5 cm³/mol. The van der Waals surface area contributed by atoms with Crippen LogP contribution in [0.3, 0.4) is 0 Å². The zero-order chi connectivity index (χ0) is 13.3. The first kappa shape index (κ1) is 12.3. The van der Waals surface area contributed by atoms with Crippen molar-refractivity contribution in [3.63, 3.8) is 0 Å². The number of benzene rings is 1. The Morgan fingerprint density at radius 2 is 2.00 bits per heavy atom. The Bertz CT molecular complexity index is 605. The molecule has 1 aromatic heterocycles. The van der Waals surface area contributed by atoms with E-state index in [0.717, 1.165) is 0 Å². The summed E-state index contributed by atoms with van der Waals surface area (Å²) >= 11 is 12.1. The molecule has 1 aliphatic heterocycles. The summed E-state index contributed by atoms with van der Waals surface area (Å²) in [6.45, 7) is 0.321. The van der Waals surface area contributed by atoms with Crippen LogP contribution in [-0.4, -0.2) is 14.8 Å². The fourth-order valence-corrected chi connectivity index (χ4v) is 2.47. The van der Waals surface area contributed by atoms with Crippen LogP contribution in [0.1, 0.15) is 5.56 Å². The van der Waals surface area contributed by atoms with E-state index in [1.807, 2.05) is 0 Å². The maximum Gasteiger partial charge on any atom is 0.298 e. The molecule has 7 heteroatoms. The van der Waals surface area contributed by atoms with Crippen molar-refractivity contribution in [3.05, 3.63) is 59.0 Å². The molecule has 0 atom stereocenters. The number of rotatable bonds is 3. The Balaban J connectivity index is 2.00. The van der Waals surface area contributed by atoms with Gasteiger partial charge in [-0.25, -0.2) is 9.67 Å². The van der Waals surface area contributed by atoms with Gasteiger partial charge in [-0.2, -0.15) is 5.10 Å². The number of hydrogen-bond acceptors (Lipinski definition) is 4. The molecular weight excluding hydrogens is 289 g/mol. The number of hydrogen-bond donors (Lipinski definition) is 0. The van der Waals surface area contributed by atoms with Crippen molar-refractivity contribution in [2.75, 3.05) is 0 Å². The highest BCUT2D eigenvalue weighted by Gasteiger charge is 2.41. The number of nitrogens with zero attached hydrogens (tertiary/aromatic N) is 3. The molecule has 1 aromatic carbocycles. The SMILES string of the molecule is Clc1ccc(C2(Cn3cncn3)OC=CO2)c(Cl)c1.